The zero-order valence-electron chi connectivity index (χ0n) is 10.3. The van der Waals surface area contributed by atoms with Crippen LogP contribution in [0, 0.1) is 5.92 Å². The maximum Gasteiger partial charge on any atom is 0.416 e. The van der Waals surface area contributed by atoms with Gasteiger partial charge in [0.2, 0.25) is 0 Å². The highest BCUT2D eigenvalue weighted by atomic mass is 16.2. The van der Waals surface area contributed by atoms with Crippen molar-refractivity contribution < 1.29 is 9.36 Å². The lowest BCUT2D eigenvalue weighted by molar-refractivity contribution is -0.670. The average Bonchev–Trinajstić information content (AvgIpc) is 2.67. The first kappa shape index (κ1) is 11.2. The Morgan fingerprint density at radius 1 is 1.38 bits per heavy atom. The maximum absolute atomic E-state index is 12.2. The lowest BCUT2D eigenvalue weighted by atomic mass is 9.95. The summed E-state index contributed by atoms with van der Waals surface area (Å²) in [5, 5.41) is 0. The first-order valence-corrected chi connectivity index (χ1v) is 5.92. The van der Waals surface area contributed by atoms with E-state index in [1.807, 2.05) is 35.2 Å². The van der Waals surface area contributed by atoms with E-state index in [1.165, 1.54) is 6.42 Å². The number of piperidine rings is 1. The van der Waals surface area contributed by atoms with Crippen molar-refractivity contribution in [1.29, 1.82) is 0 Å². The van der Waals surface area contributed by atoms with E-state index in [4.69, 9.17) is 0 Å². The number of aromatic nitrogens is 2. The van der Waals surface area contributed by atoms with Crippen LogP contribution >= 0.6 is 0 Å². The predicted molar refractivity (Wildman–Crippen MR) is 61.0 cm³/mol. The Hall–Kier alpha value is -1.32. The average molecular weight is 222 g/mol. The molecule has 2 atom stereocenters. The molecule has 4 nitrogen and oxygen atoms in total. The number of amides is 1. The SMILES string of the molecule is CC1CCC(C)N(C(=O)n2cc[n+](C)c2)C1. The van der Waals surface area contributed by atoms with Crippen LogP contribution in [-0.4, -0.2) is 28.1 Å². The highest BCUT2D eigenvalue weighted by molar-refractivity contribution is 5.76. The van der Waals surface area contributed by atoms with Crippen LogP contribution < -0.4 is 4.57 Å². The van der Waals surface area contributed by atoms with Crippen molar-refractivity contribution in [2.45, 2.75) is 32.7 Å². The summed E-state index contributed by atoms with van der Waals surface area (Å²) in [6, 6.07) is 0.455. The smallest absolute Gasteiger partial charge is 0.301 e. The minimum atomic E-state index is 0.0969. The highest BCUT2D eigenvalue weighted by Crippen LogP contribution is 2.21. The quantitative estimate of drug-likeness (QED) is 0.610. The third-order valence-electron chi connectivity index (χ3n) is 3.35. The molecule has 0 aromatic carbocycles. The van der Waals surface area contributed by atoms with Gasteiger partial charge in [0.05, 0.1) is 7.05 Å². The molecule has 0 radical (unpaired) electrons. The van der Waals surface area contributed by atoms with E-state index in [2.05, 4.69) is 13.8 Å². The molecule has 0 saturated carbocycles. The van der Waals surface area contributed by atoms with E-state index in [0.29, 0.717) is 12.0 Å². The Balaban J connectivity index is 2.14. The monoisotopic (exact) mass is 222 g/mol. The third kappa shape index (κ3) is 2.10. The van der Waals surface area contributed by atoms with Gasteiger partial charge in [-0.2, -0.15) is 4.57 Å². The van der Waals surface area contributed by atoms with Crippen molar-refractivity contribution in [2.24, 2.45) is 13.0 Å². The number of nitrogens with zero attached hydrogens (tertiary/aromatic N) is 3. The van der Waals surface area contributed by atoms with Gasteiger partial charge in [-0.25, -0.2) is 9.36 Å². The van der Waals surface area contributed by atoms with Gasteiger partial charge >= 0.3 is 6.03 Å². The summed E-state index contributed by atoms with van der Waals surface area (Å²) in [4.78, 5) is 14.2. The second-order valence-electron chi connectivity index (χ2n) is 4.95. The Labute approximate surface area is 96.5 Å². The molecule has 2 unspecified atom stereocenters. The molecule has 4 heteroatoms. The molecule has 2 heterocycles. The summed E-state index contributed by atoms with van der Waals surface area (Å²) in [5.74, 6) is 0.615. The van der Waals surface area contributed by atoms with Crippen molar-refractivity contribution in [3.8, 4) is 0 Å². The van der Waals surface area contributed by atoms with E-state index >= 15 is 0 Å². The first-order valence-electron chi connectivity index (χ1n) is 5.92. The van der Waals surface area contributed by atoms with E-state index < -0.39 is 0 Å². The minimum Gasteiger partial charge on any atom is -0.301 e. The van der Waals surface area contributed by atoms with Gasteiger partial charge in [0.15, 0.2) is 0 Å². The summed E-state index contributed by atoms with van der Waals surface area (Å²) < 4.78 is 3.55. The Morgan fingerprint density at radius 2 is 2.12 bits per heavy atom. The topological polar surface area (TPSA) is 29.1 Å². The lowest BCUT2D eigenvalue weighted by Gasteiger charge is -2.34. The minimum absolute atomic E-state index is 0.0969. The van der Waals surface area contributed by atoms with Crippen molar-refractivity contribution in [3.05, 3.63) is 18.7 Å². The normalized spacial score (nSPS) is 25.8. The van der Waals surface area contributed by atoms with Crippen molar-refractivity contribution >= 4 is 6.03 Å². The van der Waals surface area contributed by atoms with Crippen LogP contribution in [0.5, 0.6) is 0 Å². The fourth-order valence-corrected chi connectivity index (χ4v) is 2.27. The molecule has 2 rings (SSSR count). The van der Waals surface area contributed by atoms with Crippen LogP contribution in [0.3, 0.4) is 0 Å². The van der Waals surface area contributed by atoms with Crippen LogP contribution in [0.15, 0.2) is 18.7 Å². The van der Waals surface area contributed by atoms with Gasteiger partial charge in [-0.15, -0.1) is 0 Å². The lowest BCUT2D eigenvalue weighted by Crippen LogP contribution is -2.46. The zero-order chi connectivity index (χ0) is 11.7. The molecule has 1 saturated heterocycles. The highest BCUT2D eigenvalue weighted by Gasteiger charge is 2.30. The predicted octanol–water partition coefficient (Wildman–Crippen LogP) is 1.40. The molecule has 1 aliphatic rings. The third-order valence-corrected chi connectivity index (χ3v) is 3.35. The van der Waals surface area contributed by atoms with Gasteiger partial charge in [0.25, 0.3) is 6.33 Å². The van der Waals surface area contributed by atoms with Gasteiger partial charge in [0, 0.05) is 12.6 Å². The standard InChI is InChI=1S/C12H20N3O/c1-10-4-5-11(2)15(8-10)12(16)14-7-6-13(3)9-14/h6-7,9-11H,4-5,8H2,1-3H3/q+1. The Kier molecular flexibility index (Phi) is 2.99. The second-order valence-corrected chi connectivity index (χ2v) is 4.95. The van der Waals surface area contributed by atoms with Crippen molar-refractivity contribution in [3.63, 3.8) is 0 Å². The summed E-state index contributed by atoms with van der Waals surface area (Å²) in [5.41, 5.74) is 0. The van der Waals surface area contributed by atoms with Crippen LogP contribution in [0.25, 0.3) is 0 Å². The summed E-state index contributed by atoms with van der Waals surface area (Å²) >= 11 is 0. The first-order chi connectivity index (χ1) is 7.58. The number of imidazole rings is 1. The summed E-state index contributed by atoms with van der Waals surface area (Å²) in [6.07, 6.45) is 7.85. The van der Waals surface area contributed by atoms with Crippen LogP contribution in [0.2, 0.25) is 0 Å². The van der Waals surface area contributed by atoms with E-state index in [0.717, 1.165) is 13.0 Å². The number of hydrogen-bond donors (Lipinski definition) is 0. The van der Waals surface area contributed by atoms with Gasteiger partial charge in [0.1, 0.15) is 12.4 Å². The van der Waals surface area contributed by atoms with Gasteiger partial charge in [-0.3, -0.25) is 0 Å². The maximum atomic E-state index is 12.2. The molecule has 1 aromatic heterocycles. The second kappa shape index (κ2) is 4.28. The van der Waals surface area contributed by atoms with Crippen molar-refractivity contribution in [1.82, 2.24) is 9.47 Å². The molecular formula is C12H20N3O+. The van der Waals surface area contributed by atoms with Gasteiger partial charge < -0.3 is 4.90 Å². The van der Waals surface area contributed by atoms with E-state index in [1.54, 1.807) is 4.57 Å². The fourth-order valence-electron chi connectivity index (χ4n) is 2.27. The number of hydrogen-bond acceptors (Lipinski definition) is 1. The summed E-state index contributed by atoms with van der Waals surface area (Å²) in [7, 11) is 1.92. The molecule has 0 N–H and O–H groups in total. The number of aryl methyl sites for hydroxylation is 1. The van der Waals surface area contributed by atoms with Crippen molar-refractivity contribution in [2.75, 3.05) is 6.54 Å². The Morgan fingerprint density at radius 3 is 2.75 bits per heavy atom. The van der Waals surface area contributed by atoms with Crippen LogP contribution in [0.4, 0.5) is 4.79 Å². The number of rotatable bonds is 0. The molecule has 1 fully saturated rings. The van der Waals surface area contributed by atoms with E-state index in [9.17, 15) is 4.79 Å². The zero-order valence-corrected chi connectivity index (χ0v) is 10.3. The molecule has 0 bridgehead atoms. The van der Waals surface area contributed by atoms with E-state index in [-0.39, 0.29) is 6.03 Å². The van der Waals surface area contributed by atoms with Crippen LogP contribution in [0.1, 0.15) is 26.7 Å². The largest absolute Gasteiger partial charge is 0.416 e. The molecule has 0 spiro atoms. The summed E-state index contributed by atoms with van der Waals surface area (Å²) in [6.45, 7) is 5.22. The molecule has 88 valence electrons. The molecular weight excluding hydrogens is 202 g/mol. The Bertz CT molecular complexity index is 385. The fraction of sp³-hybridized carbons (Fsp3) is 0.667. The molecule has 1 aliphatic heterocycles. The van der Waals surface area contributed by atoms with Gasteiger partial charge in [-0.05, 0) is 25.7 Å². The molecule has 0 aliphatic carbocycles. The number of carbonyl (C=O) groups excluding carboxylic acids is 1. The number of likely N-dealkylation sites (tertiary alicyclic amines) is 1. The van der Waals surface area contributed by atoms with Crippen LogP contribution in [-0.2, 0) is 7.05 Å². The molecule has 16 heavy (non-hydrogen) atoms. The molecule has 1 aromatic rings. The number of carbonyl (C=O) groups is 1. The van der Waals surface area contributed by atoms with Gasteiger partial charge in [-0.1, -0.05) is 6.92 Å². The molecule has 1 amide bonds.